The number of aromatic nitrogens is 4. The van der Waals surface area contributed by atoms with Crippen molar-refractivity contribution in [1.29, 1.82) is 0 Å². The summed E-state index contributed by atoms with van der Waals surface area (Å²) in [4.78, 5) is 13.7. The van der Waals surface area contributed by atoms with E-state index in [1.54, 1.807) is 18.3 Å². The fraction of sp³-hybridized carbons (Fsp3) is 0.257. The minimum Gasteiger partial charge on any atom is -0.368 e. The molecule has 0 saturated carbocycles. The Hall–Kier alpha value is -4.99. The third-order valence-corrected chi connectivity index (χ3v) is 8.13. The van der Waals surface area contributed by atoms with Gasteiger partial charge in [0.1, 0.15) is 5.69 Å². The van der Waals surface area contributed by atoms with Crippen molar-refractivity contribution in [1.82, 2.24) is 20.2 Å². The van der Waals surface area contributed by atoms with E-state index < -0.39 is 11.7 Å². The number of hydrogen-bond donors (Lipinski definition) is 1. The molecule has 0 spiro atoms. The summed E-state index contributed by atoms with van der Waals surface area (Å²) in [5.74, 6) is 1.05. The summed E-state index contributed by atoms with van der Waals surface area (Å²) in [5.41, 5.74) is 5.74. The van der Waals surface area contributed by atoms with Gasteiger partial charge >= 0.3 is 6.18 Å². The van der Waals surface area contributed by atoms with Gasteiger partial charge in [-0.05, 0) is 67.8 Å². The molecule has 3 aromatic carbocycles. The van der Waals surface area contributed by atoms with Gasteiger partial charge in [-0.25, -0.2) is 9.97 Å². The molecular formula is C35H34F3N7. The second kappa shape index (κ2) is 12.6. The van der Waals surface area contributed by atoms with Gasteiger partial charge in [-0.3, -0.25) is 0 Å². The van der Waals surface area contributed by atoms with E-state index in [0.29, 0.717) is 34.3 Å². The zero-order valence-electron chi connectivity index (χ0n) is 25.4. The molecule has 10 heteroatoms. The molecule has 2 aromatic heterocycles. The van der Waals surface area contributed by atoms with Crippen LogP contribution >= 0.6 is 0 Å². The molecule has 3 heterocycles. The summed E-state index contributed by atoms with van der Waals surface area (Å²) in [6.07, 6.45) is -2.85. The normalized spacial score (nSPS) is 14.4. The second-order valence-corrected chi connectivity index (χ2v) is 11.3. The van der Waals surface area contributed by atoms with Crippen molar-refractivity contribution in [3.63, 3.8) is 0 Å². The number of piperazine rings is 1. The highest BCUT2D eigenvalue weighted by molar-refractivity contribution is 5.81. The fourth-order valence-electron chi connectivity index (χ4n) is 5.62. The van der Waals surface area contributed by atoms with Crippen LogP contribution in [-0.2, 0) is 6.18 Å². The third-order valence-electron chi connectivity index (χ3n) is 8.13. The van der Waals surface area contributed by atoms with Crippen LogP contribution < -0.4 is 15.1 Å². The first-order valence-electron chi connectivity index (χ1n) is 14.9. The van der Waals surface area contributed by atoms with E-state index >= 15 is 0 Å². The first-order chi connectivity index (χ1) is 21.7. The van der Waals surface area contributed by atoms with Gasteiger partial charge in [0.2, 0.25) is 5.95 Å². The maximum Gasteiger partial charge on any atom is 0.416 e. The second-order valence-electron chi connectivity index (χ2n) is 11.3. The summed E-state index contributed by atoms with van der Waals surface area (Å²) in [6.45, 7) is 9.27. The van der Waals surface area contributed by atoms with E-state index in [4.69, 9.17) is 4.98 Å². The minimum absolute atomic E-state index is 0.0659. The zero-order chi connectivity index (χ0) is 31.6. The molecule has 0 aliphatic carbocycles. The molecule has 0 bridgehead atoms. The van der Waals surface area contributed by atoms with Crippen molar-refractivity contribution >= 4 is 17.5 Å². The molecule has 0 radical (unpaired) electrons. The number of nitrogens with zero attached hydrogens (tertiary/aromatic N) is 6. The van der Waals surface area contributed by atoms with E-state index in [1.807, 2.05) is 43.3 Å². The molecule has 1 fully saturated rings. The predicted molar refractivity (Wildman–Crippen MR) is 172 cm³/mol. The SMILES string of the molecule is Cc1ccc(C)c(N2CCN(c3cc(-c4ccnc(N[C@@H](C)c5ccccc5)n4)c(-c4cccc(C(F)(F)F)c4)nn3)CC2)c1. The number of rotatable bonds is 7. The topological polar surface area (TPSA) is 70.1 Å². The summed E-state index contributed by atoms with van der Waals surface area (Å²) in [7, 11) is 0. The molecule has 230 valence electrons. The number of benzene rings is 3. The van der Waals surface area contributed by atoms with Gasteiger partial charge in [0, 0.05) is 49.2 Å². The van der Waals surface area contributed by atoms with E-state index in [0.717, 1.165) is 43.9 Å². The minimum atomic E-state index is -4.49. The van der Waals surface area contributed by atoms with Crippen LogP contribution in [0.1, 0.15) is 35.2 Å². The van der Waals surface area contributed by atoms with Crippen LogP contribution in [0.15, 0.2) is 91.1 Å². The van der Waals surface area contributed by atoms with Crippen molar-refractivity contribution in [3.8, 4) is 22.5 Å². The molecule has 0 amide bonds. The summed E-state index contributed by atoms with van der Waals surface area (Å²) in [5, 5.41) is 12.4. The van der Waals surface area contributed by atoms with Gasteiger partial charge in [0.15, 0.2) is 5.82 Å². The van der Waals surface area contributed by atoms with Gasteiger partial charge in [-0.1, -0.05) is 54.6 Å². The molecule has 7 nitrogen and oxygen atoms in total. The highest BCUT2D eigenvalue weighted by Crippen LogP contribution is 2.36. The van der Waals surface area contributed by atoms with Gasteiger partial charge in [-0.2, -0.15) is 13.2 Å². The third kappa shape index (κ3) is 6.74. The van der Waals surface area contributed by atoms with Crippen LogP contribution in [0.4, 0.5) is 30.6 Å². The average molecular weight is 610 g/mol. The number of hydrogen-bond acceptors (Lipinski definition) is 7. The Morgan fingerprint density at radius 2 is 1.56 bits per heavy atom. The molecule has 1 atom stereocenters. The highest BCUT2D eigenvalue weighted by atomic mass is 19.4. The van der Waals surface area contributed by atoms with Crippen molar-refractivity contribution in [2.45, 2.75) is 33.0 Å². The number of aryl methyl sites for hydroxylation is 2. The van der Waals surface area contributed by atoms with Crippen molar-refractivity contribution < 1.29 is 13.2 Å². The molecule has 1 saturated heterocycles. The van der Waals surface area contributed by atoms with Crippen LogP contribution in [0.5, 0.6) is 0 Å². The lowest BCUT2D eigenvalue weighted by molar-refractivity contribution is -0.137. The lowest BCUT2D eigenvalue weighted by Gasteiger charge is -2.37. The fourth-order valence-corrected chi connectivity index (χ4v) is 5.62. The van der Waals surface area contributed by atoms with Gasteiger partial charge in [-0.15, -0.1) is 10.2 Å². The first-order valence-corrected chi connectivity index (χ1v) is 14.9. The Labute approximate surface area is 260 Å². The standard InChI is InChI=1S/C35H34F3N7/c1-23-12-13-24(2)31(20-23)44-16-18-45(19-17-44)32-22-29(33(43-42-32)27-10-7-11-28(21-27)35(36,37)38)30-14-15-39-34(41-30)40-25(3)26-8-5-4-6-9-26/h4-15,20-22,25H,16-19H2,1-3H3,(H,39,40,41)/t25-/m0/s1. The van der Waals surface area contributed by atoms with Crippen LogP contribution in [0.3, 0.4) is 0 Å². The maximum atomic E-state index is 13.7. The maximum absolute atomic E-state index is 13.7. The number of nitrogens with one attached hydrogen (secondary N) is 1. The molecule has 6 rings (SSSR count). The molecule has 1 aliphatic rings. The van der Waals surface area contributed by atoms with E-state index in [1.165, 1.54) is 22.9 Å². The zero-order valence-corrected chi connectivity index (χ0v) is 25.4. The Kier molecular flexibility index (Phi) is 8.38. The van der Waals surface area contributed by atoms with Gasteiger partial charge in [0.05, 0.1) is 17.3 Å². The molecule has 45 heavy (non-hydrogen) atoms. The Morgan fingerprint density at radius 3 is 2.31 bits per heavy atom. The molecule has 1 N–H and O–H groups in total. The Balaban J connectivity index is 1.34. The van der Waals surface area contributed by atoms with Crippen LogP contribution in [0, 0.1) is 13.8 Å². The molecular weight excluding hydrogens is 575 g/mol. The largest absolute Gasteiger partial charge is 0.416 e. The predicted octanol–water partition coefficient (Wildman–Crippen LogP) is 7.74. The van der Waals surface area contributed by atoms with Crippen molar-refractivity contribution in [2.24, 2.45) is 0 Å². The van der Waals surface area contributed by atoms with Crippen molar-refractivity contribution in [2.75, 3.05) is 41.3 Å². The van der Waals surface area contributed by atoms with Crippen LogP contribution in [-0.4, -0.2) is 46.3 Å². The lowest BCUT2D eigenvalue weighted by Crippen LogP contribution is -2.47. The highest BCUT2D eigenvalue weighted by Gasteiger charge is 2.31. The Morgan fingerprint density at radius 1 is 0.800 bits per heavy atom. The number of alkyl halides is 3. The molecule has 5 aromatic rings. The lowest BCUT2D eigenvalue weighted by atomic mass is 10.0. The van der Waals surface area contributed by atoms with Gasteiger partial charge in [0.25, 0.3) is 0 Å². The summed E-state index contributed by atoms with van der Waals surface area (Å²) in [6, 6.07) is 25.1. The van der Waals surface area contributed by atoms with Crippen molar-refractivity contribution in [3.05, 3.63) is 113 Å². The first kappa shape index (κ1) is 30.1. The summed E-state index contributed by atoms with van der Waals surface area (Å²) >= 11 is 0. The number of halogens is 3. The quantitative estimate of drug-likeness (QED) is 0.202. The number of anilines is 3. The van der Waals surface area contributed by atoms with E-state index in [-0.39, 0.29) is 6.04 Å². The van der Waals surface area contributed by atoms with E-state index in [2.05, 4.69) is 62.3 Å². The van der Waals surface area contributed by atoms with Crippen LogP contribution in [0.2, 0.25) is 0 Å². The van der Waals surface area contributed by atoms with E-state index in [9.17, 15) is 13.2 Å². The Bertz CT molecular complexity index is 1780. The van der Waals surface area contributed by atoms with Gasteiger partial charge < -0.3 is 15.1 Å². The monoisotopic (exact) mass is 609 g/mol. The smallest absolute Gasteiger partial charge is 0.368 e. The molecule has 0 unspecified atom stereocenters. The average Bonchev–Trinajstić information content (AvgIpc) is 3.06. The summed E-state index contributed by atoms with van der Waals surface area (Å²) < 4.78 is 41.0. The van der Waals surface area contributed by atoms with Crippen LogP contribution in [0.25, 0.3) is 22.5 Å². The molecule has 1 aliphatic heterocycles.